The molecule has 3 N–H and O–H groups in total. The molecule has 0 aliphatic rings. The Morgan fingerprint density at radius 1 is 1.16 bits per heavy atom. The zero-order valence-corrected chi connectivity index (χ0v) is 10.4. The van der Waals surface area contributed by atoms with E-state index in [9.17, 15) is 9.59 Å². The standard InChI is InChI=1S/C12H13N3O4/c1-18-7-3-4-10(19-2)8(5-7)13-12(17)9-6-11(16)15-14-9/h3-6H,1-2H3,(H,13,17)(H2,14,15,16). The lowest BCUT2D eigenvalue weighted by Crippen LogP contribution is -2.13. The fourth-order valence-corrected chi connectivity index (χ4v) is 1.56. The van der Waals surface area contributed by atoms with Crippen LogP contribution in [0.25, 0.3) is 0 Å². The van der Waals surface area contributed by atoms with E-state index in [1.165, 1.54) is 20.3 Å². The molecule has 0 aliphatic heterocycles. The quantitative estimate of drug-likeness (QED) is 0.765. The van der Waals surface area contributed by atoms with E-state index < -0.39 is 5.91 Å². The van der Waals surface area contributed by atoms with Gasteiger partial charge in [-0.25, -0.2) is 0 Å². The number of carbonyl (C=O) groups excluding carboxylic acids is 1. The van der Waals surface area contributed by atoms with Gasteiger partial charge in [-0.1, -0.05) is 0 Å². The highest BCUT2D eigenvalue weighted by Gasteiger charge is 2.12. The zero-order valence-electron chi connectivity index (χ0n) is 10.4. The van der Waals surface area contributed by atoms with Crippen LogP contribution in [0.1, 0.15) is 10.5 Å². The molecule has 0 bridgehead atoms. The molecule has 0 unspecified atom stereocenters. The van der Waals surface area contributed by atoms with Crippen molar-refractivity contribution in [3.05, 3.63) is 40.3 Å². The van der Waals surface area contributed by atoms with E-state index >= 15 is 0 Å². The summed E-state index contributed by atoms with van der Waals surface area (Å²) in [6.45, 7) is 0. The number of aromatic amines is 2. The van der Waals surface area contributed by atoms with Crippen molar-refractivity contribution in [2.24, 2.45) is 0 Å². The molecule has 0 spiro atoms. The lowest BCUT2D eigenvalue weighted by molar-refractivity contribution is 0.102. The highest BCUT2D eigenvalue weighted by atomic mass is 16.5. The summed E-state index contributed by atoms with van der Waals surface area (Å²) in [5.74, 6) is 0.621. The lowest BCUT2D eigenvalue weighted by Gasteiger charge is -2.10. The molecule has 0 radical (unpaired) electrons. The van der Waals surface area contributed by atoms with Gasteiger partial charge < -0.3 is 14.8 Å². The first-order chi connectivity index (χ1) is 9.13. The number of H-pyrrole nitrogens is 2. The summed E-state index contributed by atoms with van der Waals surface area (Å²) in [6, 6.07) is 6.18. The van der Waals surface area contributed by atoms with Gasteiger partial charge >= 0.3 is 0 Å². The fourth-order valence-electron chi connectivity index (χ4n) is 1.56. The van der Waals surface area contributed by atoms with Gasteiger partial charge in [0.15, 0.2) is 0 Å². The molecule has 1 heterocycles. The third kappa shape index (κ3) is 2.76. The number of benzene rings is 1. The second-order valence-electron chi connectivity index (χ2n) is 3.69. The number of aromatic nitrogens is 2. The molecular weight excluding hydrogens is 250 g/mol. The van der Waals surface area contributed by atoms with Gasteiger partial charge in [-0.05, 0) is 12.1 Å². The summed E-state index contributed by atoms with van der Waals surface area (Å²) < 4.78 is 10.2. The number of anilines is 1. The minimum atomic E-state index is -0.454. The van der Waals surface area contributed by atoms with Crippen LogP contribution >= 0.6 is 0 Å². The van der Waals surface area contributed by atoms with Crippen LogP contribution in [0, 0.1) is 0 Å². The van der Waals surface area contributed by atoms with Gasteiger partial charge in [-0.15, -0.1) is 0 Å². The molecule has 19 heavy (non-hydrogen) atoms. The van der Waals surface area contributed by atoms with E-state index in [2.05, 4.69) is 15.5 Å². The van der Waals surface area contributed by atoms with Crippen molar-refractivity contribution in [1.29, 1.82) is 0 Å². The van der Waals surface area contributed by atoms with Crippen LogP contribution in [0.2, 0.25) is 0 Å². The highest BCUT2D eigenvalue weighted by molar-refractivity contribution is 6.03. The van der Waals surface area contributed by atoms with Crippen molar-refractivity contribution in [3.63, 3.8) is 0 Å². The number of amides is 1. The number of ether oxygens (including phenoxy) is 2. The lowest BCUT2D eigenvalue weighted by atomic mass is 10.2. The Morgan fingerprint density at radius 3 is 2.53 bits per heavy atom. The maximum Gasteiger partial charge on any atom is 0.273 e. The second kappa shape index (κ2) is 5.30. The van der Waals surface area contributed by atoms with E-state index in [1.54, 1.807) is 18.2 Å². The monoisotopic (exact) mass is 263 g/mol. The Hall–Kier alpha value is -2.70. The number of hydrogen-bond acceptors (Lipinski definition) is 4. The Labute approximate surface area is 108 Å². The number of carbonyl (C=O) groups is 1. The van der Waals surface area contributed by atoms with Gasteiger partial charge in [0, 0.05) is 12.1 Å². The number of methoxy groups -OCH3 is 2. The fraction of sp³-hybridized carbons (Fsp3) is 0.167. The predicted molar refractivity (Wildman–Crippen MR) is 68.9 cm³/mol. The minimum absolute atomic E-state index is 0.134. The molecule has 100 valence electrons. The normalized spacial score (nSPS) is 10.0. The Bertz CT molecular complexity index is 644. The average molecular weight is 263 g/mol. The Balaban J connectivity index is 2.26. The first-order valence-corrected chi connectivity index (χ1v) is 5.45. The maximum atomic E-state index is 11.9. The molecule has 2 rings (SSSR count). The summed E-state index contributed by atoms with van der Waals surface area (Å²) in [7, 11) is 3.02. The molecule has 0 fully saturated rings. The summed E-state index contributed by atoms with van der Waals surface area (Å²) >= 11 is 0. The van der Waals surface area contributed by atoms with Crippen LogP contribution in [0.5, 0.6) is 11.5 Å². The topological polar surface area (TPSA) is 96.2 Å². The molecule has 1 amide bonds. The van der Waals surface area contributed by atoms with Crippen LogP contribution in [0.15, 0.2) is 29.1 Å². The predicted octanol–water partition coefficient (Wildman–Crippen LogP) is 0.972. The molecule has 1 aromatic carbocycles. The minimum Gasteiger partial charge on any atom is -0.497 e. The van der Waals surface area contributed by atoms with E-state index in [1.807, 2.05) is 0 Å². The van der Waals surface area contributed by atoms with E-state index in [4.69, 9.17) is 9.47 Å². The molecular formula is C12H13N3O4. The molecule has 1 aromatic heterocycles. The molecule has 0 saturated carbocycles. The summed E-state index contributed by atoms with van der Waals surface area (Å²) in [5.41, 5.74) is 0.214. The first-order valence-electron chi connectivity index (χ1n) is 5.45. The third-order valence-corrected chi connectivity index (χ3v) is 2.50. The van der Waals surface area contributed by atoms with Crippen molar-refractivity contribution < 1.29 is 14.3 Å². The molecule has 0 aliphatic carbocycles. The molecule has 2 aromatic rings. The van der Waals surface area contributed by atoms with Gasteiger partial charge in [-0.2, -0.15) is 0 Å². The van der Waals surface area contributed by atoms with Crippen molar-refractivity contribution in [3.8, 4) is 11.5 Å². The summed E-state index contributed by atoms with van der Waals surface area (Å²) in [6.07, 6.45) is 0. The molecule has 0 saturated heterocycles. The number of hydrogen-bond donors (Lipinski definition) is 3. The van der Waals surface area contributed by atoms with Gasteiger partial charge in [0.2, 0.25) is 0 Å². The SMILES string of the molecule is COc1ccc(OC)c(NC(=O)c2cc(=O)[nH][nH]2)c1. The van der Waals surface area contributed by atoms with Crippen LogP contribution in [-0.2, 0) is 0 Å². The number of rotatable bonds is 4. The van der Waals surface area contributed by atoms with Gasteiger partial charge in [0.1, 0.15) is 17.2 Å². The van der Waals surface area contributed by atoms with Crippen molar-refractivity contribution >= 4 is 11.6 Å². The second-order valence-corrected chi connectivity index (χ2v) is 3.69. The summed E-state index contributed by atoms with van der Waals surface area (Å²) in [5, 5.41) is 7.39. The van der Waals surface area contributed by atoms with Crippen LogP contribution < -0.4 is 20.3 Å². The van der Waals surface area contributed by atoms with E-state index in [0.717, 1.165) is 0 Å². The molecule has 7 heteroatoms. The average Bonchev–Trinajstić information content (AvgIpc) is 2.85. The van der Waals surface area contributed by atoms with Gasteiger partial charge in [0.05, 0.1) is 19.9 Å². The van der Waals surface area contributed by atoms with E-state index in [0.29, 0.717) is 17.2 Å². The van der Waals surface area contributed by atoms with E-state index in [-0.39, 0.29) is 11.3 Å². The maximum absolute atomic E-state index is 11.9. The zero-order chi connectivity index (χ0) is 13.8. The van der Waals surface area contributed by atoms with Gasteiger partial charge in [-0.3, -0.25) is 19.8 Å². The van der Waals surface area contributed by atoms with Crippen molar-refractivity contribution in [1.82, 2.24) is 10.2 Å². The van der Waals surface area contributed by atoms with Crippen LogP contribution in [0.3, 0.4) is 0 Å². The molecule has 0 atom stereocenters. The Kier molecular flexibility index (Phi) is 3.56. The largest absolute Gasteiger partial charge is 0.497 e. The summed E-state index contributed by atoms with van der Waals surface area (Å²) in [4.78, 5) is 22.9. The highest BCUT2D eigenvalue weighted by Crippen LogP contribution is 2.29. The van der Waals surface area contributed by atoms with Crippen molar-refractivity contribution in [2.45, 2.75) is 0 Å². The third-order valence-electron chi connectivity index (χ3n) is 2.50. The first kappa shape index (κ1) is 12.7. The van der Waals surface area contributed by atoms with Crippen LogP contribution in [0.4, 0.5) is 5.69 Å². The number of nitrogens with one attached hydrogen (secondary N) is 3. The smallest absolute Gasteiger partial charge is 0.273 e. The van der Waals surface area contributed by atoms with Crippen LogP contribution in [-0.4, -0.2) is 30.3 Å². The van der Waals surface area contributed by atoms with Crippen molar-refractivity contribution in [2.75, 3.05) is 19.5 Å². The molecule has 7 nitrogen and oxygen atoms in total. The van der Waals surface area contributed by atoms with Gasteiger partial charge in [0.25, 0.3) is 11.5 Å². The Morgan fingerprint density at radius 2 is 1.95 bits per heavy atom.